The summed E-state index contributed by atoms with van der Waals surface area (Å²) in [6.45, 7) is 0. The molecule has 0 radical (unpaired) electrons. The second-order valence-corrected chi connectivity index (χ2v) is 9.78. The minimum Gasteiger partial charge on any atom is -0.508 e. The lowest BCUT2D eigenvalue weighted by atomic mass is 9.57. The van der Waals surface area contributed by atoms with E-state index in [4.69, 9.17) is 10.3 Å². The third-order valence-corrected chi connectivity index (χ3v) is 7.51. The molecule has 1 unspecified atom stereocenters. The van der Waals surface area contributed by atoms with Crippen molar-refractivity contribution < 1.29 is 44.1 Å². The first kappa shape index (κ1) is 25.2. The van der Waals surface area contributed by atoms with Crippen molar-refractivity contribution in [2.24, 2.45) is 17.6 Å². The molecule has 1 heterocycles. The molecule has 13 heteroatoms. The Kier molecular flexibility index (Phi) is 5.65. The Morgan fingerprint density at radius 2 is 1.89 bits per heavy atom. The highest BCUT2D eigenvalue weighted by Gasteiger charge is 2.64. The Labute approximate surface area is 214 Å². The van der Waals surface area contributed by atoms with E-state index in [9.17, 15) is 39.6 Å². The lowest BCUT2D eigenvalue weighted by Gasteiger charge is -2.50. The molecule has 1 aromatic heterocycles. The van der Waals surface area contributed by atoms with Crippen LogP contribution in [0.25, 0.3) is 5.76 Å². The van der Waals surface area contributed by atoms with Crippen molar-refractivity contribution in [3.8, 4) is 5.75 Å². The fourth-order valence-corrected chi connectivity index (χ4v) is 5.88. The average molecular weight is 524 g/mol. The fraction of sp³-hybridized carbons (Fsp3) is 0.320. The number of nitrogens with zero attached hydrogens (tertiary/aromatic N) is 2. The zero-order valence-electron chi connectivity index (χ0n) is 20.3. The highest BCUT2D eigenvalue weighted by molar-refractivity contribution is 6.24. The zero-order chi connectivity index (χ0) is 27.7. The van der Waals surface area contributed by atoms with Gasteiger partial charge in [-0.05, 0) is 50.6 Å². The summed E-state index contributed by atoms with van der Waals surface area (Å²) < 4.78 is 4.87. The molecule has 1 fully saturated rings. The van der Waals surface area contributed by atoms with Crippen LogP contribution in [-0.4, -0.2) is 79.6 Å². The largest absolute Gasteiger partial charge is 0.508 e. The van der Waals surface area contributed by atoms with Gasteiger partial charge in [0, 0.05) is 23.2 Å². The number of rotatable bonds is 4. The summed E-state index contributed by atoms with van der Waals surface area (Å²) in [5.74, 6) is -8.18. The number of likely N-dealkylation sites (N-methyl/N-ethyl adjacent to an activating group) is 1. The quantitative estimate of drug-likeness (QED) is 0.234. The Hall–Kier alpha value is -4.49. The van der Waals surface area contributed by atoms with Gasteiger partial charge in [0.05, 0.1) is 17.8 Å². The van der Waals surface area contributed by atoms with Crippen LogP contribution in [-0.2, 0) is 20.8 Å². The molecule has 5 rings (SSSR count). The number of primary amides is 1. The molecule has 3 aliphatic carbocycles. The van der Waals surface area contributed by atoms with Crippen LogP contribution in [0, 0.1) is 11.8 Å². The Morgan fingerprint density at radius 3 is 2.50 bits per heavy atom. The van der Waals surface area contributed by atoms with Crippen molar-refractivity contribution in [1.29, 1.82) is 0 Å². The Bertz CT molecular complexity index is 1470. The molecule has 2 aromatic rings. The average Bonchev–Trinajstić information content (AvgIpc) is 3.38. The van der Waals surface area contributed by atoms with Crippen molar-refractivity contribution in [2.45, 2.75) is 24.5 Å². The van der Waals surface area contributed by atoms with Crippen LogP contribution in [0.4, 0.5) is 5.69 Å². The van der Waals surface area contributed by atoms with E-state index in [0.29, 0.717) is 5.56 Å². The van der Waals surface area contributed by atoms with E-state index in [0.717, 1.165) is 0 Å². The molecular formula is C25H24N4O9. The van der Waals surface area contributed by atoms with Gasteiger partial charge in [0.25, 0.3) is 11.8 Å². The van der Waals surface area contributed by atoms with Gasteiger partial charge in [-0.2, -0.15) is 0 Å². The number of amides is 2. The van der Waals surface area contributed by atoms with E-state index in [1.54, 1.807) is 0 Å². The first-order valence-corrected chi connectivity index (χ1v) is 11.6. The first-order valence-electron chi connectivity index (χ1n) is 11.6. The van der Waals surface area contributed by atoms with Crippen LogP contribution in [0.15, 0.2) is 45.8 Å². The third kappa shape index (κ3) is 3.35. The van der Waals surface area contributed by atoms with E-state index in [1.807, 2.05) is 0 Å². The monoisotopic (exact) mass is 524 g/mol. The first-order chi connectivity index (χ1) is 17.9. The predicted molar refractivity (Wildman–Crippen MR) is 129 cm³/mol. The summed E-state index contributed by atoms with van der Waals surface area (Å²) in [5.41, 5.74) is 1.81. The normalized spacial score (nSPS) is 26.7. The Morgan fingerprint density at radius 1 is 1.18 bits per heavy atom. The van der Waals surface area contributed by atoms with Gasteiger partial charge in [-0.1, -0.05) is 5.16 Å². The summed E-state index contributed by atoms with van der Waals surface area (Å²) in [7, 11) is 3.03. The number of aliphatic hydroxyl groups excluding tert-OH is 2. The highest BCUT2D eigenvalue weighted by Crippen LogP contribution is 2.53. The molecule has 1 saturated carbocycles. The Balaban J connectivity index is 1.66. The molecule has 38 heavy (non-hydrogen) atoms. The van der Waals surface area contributed by atoms with E-state index in [-0.39, 0.29) is 35.4 Å². The minimum absolute atomic E-state index is 0.0228. The minimum atomic E-state index is -2.72. The number of aromatic nitrogens is 1. The second kappa shape index (κ2) is 8.53. The molecule has 4 atom stereocenters. The maximum absolute atomic E-state index is 13.8. The number of aromatic hydroxyl groups is 1. The molecule has 1 aromatic carbocycles. The lowest BCUT2D eigenvalue weighted by Crippen LogP contribution is -2.65. The van der Waals surface area contributed by atoms with Crippen LogP contribution in [0.3, 0.4) is 0 Å². The molecule has 7 N–H and O–H groups in total. The van der Waals surface area contributed by atoms with Gasteiger partial charge < -0.3 is 36.0 Å². The van der Waals surface area contributed by atoms with E-state index in [1.165, 1.54) is 43.4 Å². The molecular weight excluding hydrogens is 500 g/mol. The molecule has 0 bridgehead atoms. The number of nitrogens with two attached hydrogens (primary N) is 1. The van der Waals surface area contributed by atoms with Gasteiger partial charge in [0.2, 0.25) is 11.5 Å². The zero-order valence-corrected chi connectivity index (χ0v) is 20.3. The van der Waals surface area contributed by atoms with Crippen LogP contribution >= 0.6 is 0 Å². The van der Waals surface area contributed by atoms with Crippen molar-refractivity contribution in [2.75, 3.05) is 19.4 Å². The van der Waals surface area contributed by atoms with Gasteiger partial charge in [-0.15, -0.1) is 0 Å². The standard InChI is InChI=1S/C25H24N4O9/c1-29(2)18-11-8-9-7-10-12(28-24(36)14-5-6-27-38-14)3-4-13(30)16(10)19(31)15(9)21(33)25(11,37)22(34)17(20(18)32)23(26)35/h3-6,9,11,18,30-31,34,37H,7-8H2,1-2H3,(H2,26,35)(H,28,36)/t9-,11-,18?,25-/m0/s1. The van der Waals surface area contributed by atoms with Crippen LogP contribution in [0.1, 0.15) is 28.1 Å². The number of Topliss-reactive ketones (excluding diaryl/α,β-unsaturated/α-hetero) is 2. The number of benzene rings is 1. The number of nitrogens with one attached hydrogen (secondary N) is 1. The molecule has 0 saturated heterocycles. The number of hydrogen-bond acceptors (Lipinski definition) is 11. The van der Waals surface area contributed by atoms with Crippen molar-refractivity contribution >= 4 is 34.8 Å². The van der Waals surface area contributed by atoms with Crippen LogP contribution < -0.4 is 11.1 Å². The number of carbonyl (C=O) groups is 4. The van der Waals surface area contributed by atoms with Crippen molar-refractivity contribution in [1.82, 2.24) is 10.1 Å². The number of phenols is 1. The SMILES string of the molecule is CN(C)C1C(=O)C(C(N)=O)=C(O)[C@@]2(O)C(=O)C3=C(O)c4c(O)ccc(NC(=O)c5ccno5)c4C[C@H]3C[C@@H]12. The van der Waals surface area contributed by atoms with Crippen molar-refractivity contribution in [3.63, 3.8) is 0 Å². The molecule has 13 nitrogen and oxygen atoms in total. The van der Waals surface area contributed by atoms with E-state index < -0.39 is 69.7 Å². The maximum atomic E-state index is 13.8. The summed E-state index contributed by atoms with van der Waals surface area (Å²) in [4.78, 5) is 53.0. The number of carbonyl (C=O) groups excluding carboxylic acids is 4. The number of anilines is 1. The molecule has 0 spiro atoms. The number of ketones is 2. The van der Waals surface area contributed by atoms with E-state index >= 15 is 0 Å². The second-order valence-electron chi connectivity index (χ2n) is 9.78. The number of fused-ring (bicyclic) bond motifs is 3. The predicted octanol–water partition coefficient (Wildman–Crippen LogP) is 0.204. The number of hydrogen-bond donors (Lipinski definition) is 6. The summed E-state index contributed by atoms with van der Waals surface area (Å²) >= 11 is 0. The summed E-state index contributed by atoms with van der Waals surface area (Å²) in [6.07, 6.45) is 1.24. The molecule has 0 aliphatic heterocycles. The third-order valence-electron chi connectivity index (χ3n) is 7.51. The smallest absolute Gasteiger partial charge is 0.294 e. The van der Waals surface area contributed by atoms with Gasteiger partial charge in [-0.3, -0.25) is 24.1 Å². The lowest BCUT2D eigenvalue weighted by molar-refractivity contribution is -0.153. The maximum Gasteiger partial charge on any atom is 0.294 e. The van der Waals surface area contributed by atoms with Crippen LogP contribution in [0.5, 0.6) is 5.75 Å². The number of aliphatic hydroxyl groups is 3. The van der Waals surface area contributed by atoms with Gasteiger partial charge >= 0.3 is 0 Å². The molecule has 2 amide bonds. The van der Waals surface area contributed by atoms with Gasteiger partial charge in [-0.25, -0.2) is 0 Å². The molecule has 198 valence electrons. The van der Waals surface area contributed by atoms with Gasteiger partial charge in [0.15, 0.2) is 11.4 Å². The summed E-state index contributed by atoms with van der Waals surface area (Å²) in [6, 6.07) is 2.78. The van der Waals surface area contributed by atoms with E-state index in [2.05, 4.69) is 10.5 Å². The highest BCUT2D eigenvalue weighted by atomic mass is 16.5. The van der Waals surface area contributed by atoms with Gasteiger partial charge in [0.1, 0.15) is 22.8 Å². The molecule has 3 aliphatic rings. The summed E-state index contributed by atoms with van der Waals surface area (Å²) in [5, 5.41) is 50.4. The number of phenolic OH excluding ortho intramolecular Hbond substituents is 1. The fourth-order valence-electron chi connectivity index (χ4n) is 5.88. The van der Waals surface area contributed by atoms with Crippen molar-refractivity contribution in [3.05, 3.63) is 58.2 Å². The topological polar surface area (TPSA) is 217 Å². The van der Waals surface area contributed by atoms with Crippen LogP contribution in [0.2, 0.25) is 0 Å².